The van der Waals surface area contributed by atoms with Crippen molar-refractivity contribution in [1.29, 1.82) is 0 Å². The van der Waals surface area contributed by atoms with Crippen molar-refractivity contribution in [2.24, 2.45) is 5.92 Å². The molecule has 0 radical (unpaired) electrons. The minimum absolute atomic E-state index is 0.0211. The summed E-state index contributed by atoms with van der Waals surface area (Å²) < 4.78 is 5.66. The van der Waals surface area contributed by atoms with Crippen LogP contribution in [-0.2, 0) is 11.2 Å². The summed E-state index contributed by atoms with van der Waals surface area (Å²) in [7, 11) is 0. The van der Waals surface area contributed by atoms with Crippen molar-refractivity contribution in [3.05, 3.63) is 72.3 Å². The van der Waals surface area contributed by atoms with E-state index in [2.05, 4.69) is 37.4 Å². The molecular formula is C22H23NO2. The van der Waals surface area contributed by atoms with E-state index < -0.39 is 0 Å². The third kappa shape index (κ3) is 4.60. The van der Waals surface area contributed by atoms with Crippen molar-refractivity contribution < 1.29 is 9.53 Å². The molecule has 0 aliphatic heterocycles. The Bertz CT molecular complexity index is 848. The maximum atomic E-state index is 12.4. The largest absolute Gasteiger partial charge is 0.493 e. The molecule has 0 saturated carbocycles. The fraction of sp³-hybridized carbons (Fsp3) is 0.227. The Labute approximate surface area is 148 Å². The van der Waals surface area contributed by atoms with E-state index in [0.29, 0.717) is 18.9 Å². The molecule has 0 atom stereocenters. The third-order valence-corrected chi connectivity index (χ3v) is 3.95. The maximum Gasteiger partial charge on any atom is 0.228 e. The summed E-state index contributed by atoms with van der Waals surface area (Å²) in [6.07, 6.45) is 0.354. The van der Waals surface area contributed by atoms with Crippen LogP contribution in [0, 0.1) is 5.92 Å². The maximum absolute atomic E-state index is 12.4. The van der Waals surface area contributed by atoms with E-state index in [4.69, 9.17) is 4.74 Å². The highest BCUT2D eigenvalue weighted by atomic mass is 16.5. The molecule has 0 heterocycles. The topological polar surface area (TPSA) is 38.3 Å². The van der Waals surface area contributed by atoms with Crippen LogP contribution in [0.1, 0.15) is 19.4 Å². The Hall–Kier alpha value is -2.81. The van der Waals surface area contributed by atoms with Crippen molar-refractivity contribution in [3.8, 4) is 5.75 Å². The summed E-state index contributed by atoms with van der Waals surface area (Å²) in [5.74, 6) is 1.29. The van der Waals surface area contributed by atoms with Crippen LogP contribution in [-0.4, -0.2) is 12.5 Å². The van der Waals surface area contributed by atoms with Crippen molar-refractivity contribution in [1.82, 2.24) is 0 Å². The van der Waals surface area contributed by atoms with Gasteiger partial charge in [0.25, 0.3) is 0 Å². The molecule has 3 nitrogen and oxygen atoms in total. The highest BCUT2D eigenvalue weighted by molar-refractivity contribution is 5.96. The van der Waals surface area contributed by atoms with Gasteiger partial charge in [-0.05, 0) is 46.5 Å². The lowest BCUT2D eigenvalue weighted by Gasteiger charge is -2.10. The van der Waals surface area contributed by atoms with E-state index in [1.807, 2.05) is 48.5 Å². The average molecular weight is 333 g/mol. The smallest absolute Gasteiger partial charge is 0.228 e. The molecule has 25 heavy (non-hydrogen) atoms. The van der Waals surface area contributed by atoms with Gasteiger partial charge in [-0.15, -0.1) is 0 Å². The van der Waals surface area contributed by atoms with Gasteiger partial charge in [0.05, 0.1) is 13.0 Å². The van der Waals surface area contributed by atoms with Crippen molar-refractivity contribution >= 4 is 22.4 Å². The molecule has 0 aliphatic carbocycles. The lowest BCUT2D eigenvalue weighted by Crippen LogP contribution is -2.14. The Morgan fingerprint density at radius 2 is 1.68 bits per heavy atom. The van der Waals surface area contributed by atoms with Crippen molar-refractivity contribution in [2.75, 3.05) is 11.9 Å². The lowest BCUT2D eigenvalue weighted by atomic mass is 10.0. The van der Waals surface area contributed by atoms with Crippen LogP contribution in [0.3, 0.4) is 0 Å². The molecule has 1 amide bonds. The zero-order valence-electron chi connectivity index (χ0n) is 14.7. The van der Waals surface area contributed by atoms with Gasteiger partial charge in [0, 0.05) is 5.69 Å². The predicted molar refractivity (Wildman–Crippen MR) is 103 cm³/mol. The molecule has 0 bridgehead atoms. The summed E-state index contributed by atoms with van der Waals surface area (Å²) in [4.78, 5) is 12.4. The number of rotatable bonds is 6. The van der Waals surface area contributed by atoms with Gasteiger partial charge in [-0.2, -0.15) is 0 Å². The molecule has 3 aromatic carbocycles. The number of amides is 1. The van der Waals surface area contributed by atoms with Gasteiger partial charge < -0.3 is 10.1 Å². The van der Waals surface area contributed by atoms with Gasteiger partial charge in [-0.3, -0.25) is 4.79 Å². The zero-order chi connectivity index (χ0) is 17.6. The number of carbonyl (C=O) groups is 1. The first-order valence-electron chi connectivity index (χ1n) is 8.61. The first kappa shape index (κ1) is 17.0. The molecule has 0 aliphatic rings. The summed E-state index contributed by atoms with van der Waals surface area (Å²) >= 11 is 0. The molecule has 0 aromatic heterocycles. The predicted octanol–water partition coefficient (Wildman–Crippen LogP) is 5.06. The zero-order valence-corrected chi connectivity index (χ0v) is 14.7. The molecule has 3 rings (SSSR count). The van der Waals surface area contributed by atoms with Gasteiger partial charge in [0.2, 0.25) is 5.91 Å². The standard InChI is InChI=1S/C22H23NO2/c1-16(2)15-25-20-12-10-19(11-13-20)23-22(24)14-18-8-5-7-17-6-3-4-9-21(17)18/h3-13,16H,14-15H2,1-2H3,(H,23,24). The Morgan fingerprint density at radius 1 is 0.960 bits per heavy atom. The molecule has 0 spiro atoms. The SMILES string of the molecule is CC(C)COc1ccc(NC(=O)Cc2cccc3ccccc23)cc1. The fourth-order valence-electron chi connectivity index (χ4n) is 2.72. The second kappa shape index (κ2) is 7.84. The first-order valence-corrected chi connectivity index (χ1v) is 8.61. The second-order valence-electron chi connectivity index (χ2n) is 6.59. The van der Waals surface area contributed by atoms with E-state index in [9.17, 15) is 4.79 Å². The minimum Gasteiger partial charge on any atom is -0.493 e. The lowest BCUT2D eigenvalue weighted by molar-refractivity contribution is -0.115. The number of benzene rings is 3. The fourth-order valence-corrected chi connectivity index (χ4v) is 2.72. The van der Waals surface area contributed by atoms with Gasteiger partial charge in [-0.25, -0.2) is 0 Å². The number of anilines is 1. The van der Waals surface area contributed by atoms with Gasteiger partial charge in [-0.1, -0.05) is 56.3 Å². The number of carbonyl (C=O) groups excluding carboxylic acids is 1. The van der Waals surface area contributed by atoms with Crippen molar-refractivity contribution in [2.45, 2.75) is 20.3 Å². The third-order valence-electron chi connectivity index (χ3n) is 3.95. The summed E-state index contributed by atoms with van der Waals surface area (Å²) in [5, 5.41) is 5.23. The van der Waals surface area contributed by atoms with Crippen molar-refractivity contribution in [3.63, 3.8) is 0 Å². The van der Waals surface area contributed by atoms with E-state index in [1.54, 1.807) is 0 Å². The second-order valence-corrected chi connectivity index (χ2v) is 6.59. The summed E-state index contributed by atoms with van der Waals surface area (Å²) in [5.41, 5.74) is 1.81. The Kier molecular flexibility index (Phi) is 5.34. The average Bonchev–Trinajstić information content (AvgIpc) is 2.61. The first-order chi connectivity index (χ1) is 12.1. The highest BCUT2D eigenvalue weighted by Gasteiger charge is 2.07. The quantitative estimate of drug-likeness (QED) is 0.685. The highest BCUT2D eigenvalue weighted by Crippen LogP contribution is 2.20. The van der Waals surface area contributed by atoms with E-state index in [1.165, 1.54) is 0 Å². The van der Waals surface area contributed by atoms with Crippen LogP contribution in [0.25, 0.3) is 10.8 Å². The van der Waals surface area contributed by atoms with Gasteiger partial charge in [0.1, 0.15) is 5.75 Å². The summed E-state index contributed by atoms with van der Waals surface area (Å²) in [6.45, 7) is 4.91. The Balaban J connectivity index is 1.64. The van der Waals surface area contributed by atoms with Crippen LogP contribution in [0.4, 0.5) is 5.69 Å². The normalized spacial score (nSPS) is 10.8. The molecule has 0 fully saturated rings. The van der Waals surface area contributed by atoms with Crippen LogP contribution < -0.4 is 10.1 Å². The number of nitrogens with one attached hydrogen (secondary N) is 1. The van der Waals surface area contributed by atoms with E-state index in [-0.39, 0.29) is 5.91 Å². The molecule has 1 N–H and O–H groups in total. The van der Waals surface area contributed by atoms with Gasteiger partial charge in [0.15, 0.2) is 0 Å². The number of hydrogen-bond donors (Lipinski definition) is 1. The number of hydrogen-bond acceptors (Lipinski definition) is 2. The molecule has 3 aromatic rings. The number of fused-ring (bicyclic) bond motifs is 1. The molecule has 0 unspecified atom stereocenters. The molecular weight excluding hydrogens is 310 g/mol. The van der Waals surface area contributed by atoms with Crippen LogP contribution in [0.2, 0.25) is 0 Å². The molecule has 128 valence electrons. The van der Waals surface area contributed by atoms with Crippen LogP contribution >= 0.6 is 0 Å². The molecule has 3 heteroatoms. The molecule has 0 saturated heterocycles. The van der Waals surface area contributed by atoms with Gasteiger partial charge >= 0.3 is 0 Å². The van der Waals surface area contributed by atoms with Crippen LogP contribution in [0.15, 0.2) is 66.7 Å². The van der Waals surface area contributed by atoms with E-state index in [0.717, 1.165) is 27.8 Å². The minimum atomic E-state index is -0.0211. The summed E-state index contributed by atoms with van der Waals surface area (Å²) in [6, 6.07) is 21.7. The number of ether oxygens (including phenoxy) is 1. The Morgan fingerprint density at radius 3 is 2.44 bits per heavy atom. The van der Waals surface area contributed by atoms with Crippen LogP contribution in [0.5, 0.6) is 5.75 Å². The monoisotopic (exact) mass is 333 g/mol. The van der Waals surface area contributed by atoms with E-state index >= 15 is 0 Å².